The molecule has 1 saturated heterocycles. The van der Waals surface area contributed by atoms with Gasteiger partial charge in [0.25, 0.3) is 0 Å². The molecule has 0 atom stereocenters. The number of hydrogen-bond donors (Lipinski definition) is 1. The Bertz CT molecular complexity index is 376. The van der Waals surface area contributed by atoms with Gasteiger partial charge in [0.1, 0.15) is 0 Å². The summed E-state index contributed by atoms with van der Waals surface area (Å²) in [4.78, 5) is 2.11. The third-order valence-corrected chi connectivity index (χ3v) is 3.38. The Hall–Kier alpha value is -1.00. The number of nitrogens with zero attached hydrogens (tertiary/aromatic N) is 1. The highest BCUT2D eigenvalue weighted by molar-refractivity contribution is 5.18. The second-order valence-corrected chi connectivity index (χ2v) is 4.61. The van der Waals surface area contributed by atoms with Crippen molar-refractivity contribution in [2.24, 2.45) is 0 Å². The van der Waals surface area contributed by atoms with Crippen molar-refractivity contribution in [3.8, 4) is 0 Å². The first-order valence-electron chi connectivity index (χ1n) is 6.02. The summed E-state index contributed by atoms with van der Waals surface area (Å²) in [6, 6.07) is 4.82. The van der Waals surface area contributed by atoms with Crippen molar-refractivity contribution in [2.45, 2.75) is 25.4 Å². The van der Waals surface area contributed by atoms with Crippen LogP contribution in [-0.4, -0.2) is 31.1 Å². The van der Waals surface area contributed by atoms with Crippen LogP contribution in [0.2, 0.25) is 0 Å². The Morgan fingerprint density at radius 2 is 2.00 bits per heavy atom. The van der Waals surface area contributed by atoms with Gasteiger partial charge in [0.05, 0.1) is 0 Å². The normalized spacial score (nSPS) is 17.6. The first-order valence-corrected chi connectivity index (χ1v) is 6.02. The molecule has 1 N–H and O–H groups in total. The lowest BCUT2D eigenvalue weighted by Crippen LogP contribution is -2.40. The Morgan fingerprint density at radius 3 is 2.71 bits per heavy atom. The molecular weight excluding hydrogens is 222 g/mol. The first kappa shape index (κ1) is 12.5. The fourth-order valence-corrected chi connectivity index (χ4v) is 2.32. The van der Waals surface area contributed by atoms with Crippen molar-refractivity contribution in [2.75, 3.05) is 20.1 Å². The zero-order valence-corrected chi connectivity index (χ0v) is 10.0. The van der Waals surface area contributed by atoms with E-state index in [1.807, 2.05) is 7.05 Å². The number of nitrogens with one attached hydrogen (secondary N) is 1. The molecule has 94 valence electrons. The minimum Gasteiger partial charge on any atom is -0.317 e. The highest BCUT2D eigenvalue weighted by Gasteiger charge is 2.19. The van der Waals surface area contributed by atoms with Crippen molar-refractivity contribution >= 4 is 0 Å². The van der Waals surface area contributed by atoms with Crippen LogP contribution in [0, 0.1) is 11.6 Å². The van der Waals surface area contributed by atoms with Crippen molar-refractivity contribution in [3.63, 3.8) is 0 Å². The monoisotopic (exact) mass is 240 g/mol. The van der Waals surface area contributed by atoms with Crippen LogP contribution >= 0.6 is 0 Å². The van der Waals surface area contributed by atoms with Gasteiger partial charge in [-0.05, 0) is 39.0 Å². The van der Waals surface area contributed by atoms with E-state index in [-0.39, 0.29) is 0 Å². The Labute approximate surface area is 101 Å². The summed E-state index contributed by atoms with van der Waals surface area (Å²) in [5.74, 6) is -1.48. The molecule has 0 unspecified atom stereocenters. The van der Waals surface area contributed by atoms with Crippen molar-refractivity contribution in [3.05, 3.63) is 35.4 Å². The predicted octanol–water partition coefficient (Wildman–Crippen LogP) is 2.15. The van der Waals surface area contributed by atoms with Crippen molar-refractivity contribution in [1.29, 1.82) is 0 Å². The summed E-state index contributed by atoms with van der Waals surface area (Å²) in [6.07, 6.45) is 2.13. The predicted molar refractivity (Wildman–Crippen MR) is 63.7 cm³/mol. The van der Waals surface area contributed by atoms with E-state index in [0.29, 0.717) is 18.2 Å². The highest BCUT2D eigenvalue weighted by atomic mass is 19.2. The van der Waals surface area contributed by atoms with Crippen molar-refractivity contribution < 1.29 is 8.78 Å². The largest absolute Gasteiger partial charge is 0.317 e. The standard InChI is InChI=1S/C13H18F2N2/c1-17(11-5-7-16-8-6-11)9-10-3-2-4-12(14)13(10)15/h2-4,11,16H,5-9H2,1H3. The van der Waals surface area contributed by atoms with Crippen LogP contribution in [0.1, 0.15) is 18.4 Å². The van der Waals surface area contributed by atoms with Crippen LogP contribution in [0.15, 0.2) is 18.2 Å². The van der Waals surface area contributed by atoms with E-state index in [4.69, 9.17) is 0 Å². The first-order chi connectivity index (χ1) is 8.18. The van der Waals surface area contributed by atoms with Crippen LogP contribution in [0.5, 0.6) is 0 Å². The average Bonchev–Trinajstić information content (AvgIpc) is 2.36. The molecule has 17 heavy (non-hydrogen) atoms. The summed E-state index contributed by atoms with van der Waals surface area (Å²) in [7, 11) is 1.97. The van der Waals surface area contributed by atoms with Gasteiger partial charge in [0.2, 0.25) is 0 Å². The summed E-state index contributed by atoms with van der Waals surface area (Å²) >= 11 is 0. The van der Waals surface area contributed by atoms with Gasteiger partial charge in [-0.2, -0.15) is 0 Å². The second-order valence-electron chi connectivity index (χ2n) is 4.61. The van der Waals surface area contributed by atoms with E-state index < -0.39 is 11.6 Å². The van der Waals surface area contributed by atoms with Gasteiger partial charge in [-0.3, -0.25) is 4.90 Å². The zero-order valence-electron chi connectivity index (χ0n) is 10.0. The zero-order chi connectivity index (χ0) is 12.3. The smallest absolute Gasteiger partial charge is 0.163 e. The van der Waals surface area contributed by atoms with E-state index in [1.165, 1.54) is 0 Å². The molecule has 1 aromatic carbocycles. The molecule has 1 aliphatic heterocycles. The van der Waals surface area contributed by atoms with Gasteiger partial charge in [-0.1, -0.05) is 12.1 Å². The second kappa shape index (κ2) is 5.56. The Kier molecular flexibility index (Phi) is 4.07. The maximum Gasteiger partial charge on any atom is 0.163 e. The minimum absolute atomic E-state index is 0.436. The Balaban J connectivity index is 2.01. The number of halogens is 2. The molecule has 1 fully saturated rings. The van der Waals surface area contributed by atoms with E-state index in [1.54, 1.807) is 12.1 Å². The lowest BCUT2D eigenvalue weighted by Gasteiger charge is -2.31. The molecule has 4 heteroatoms. The van der Waals surface area contributed by atoms with Gasteiger partial charge in [0.15, 0.2) is 11.6 Å². The number of hydrogen-bond acceptors (Lipinski definition) is 2. The molecule has 0 saturated carbocycles. The van der Waals surface area contributed by atoms with Gasteiger partial charge >= 0.3 is 0 Å². The summed E-state index contributed by atoms with van der Waals surface area (Å²) in [6.45, 7) is 2.47. The van der Waals surface area contributed by atoms with E-state index >= 15 is 0 Å². The molecule has 0 radical (unpaired) electrons. The van der Waals surface area contributed by atoms with Crippen LogP contribution in [-0.2, 0) is 6.54 Å². The Morgan fingerprint density at radius 1 is 1.29 bits per heavy atom. The van der Waals surface area contributed by atoms with E-state index in [0.717, 1.165) is 32.0 Å². The molecule has 2 rings (SSSR count). The highest BCUT2D eigenvalue weighted by Crippen LogP contribution is 2.17. The molecular formula is C13H18F2N2. The van der Waals surface area contributed by atoms with E-state index in [2.05, 4.69) is 10.2 Å². The van der Waals surface area contributed by atoms with Crippen molar-refractivity contribution in [1.82, 2.24) is 10.2 Å². The molecule has 2 nitrogen and oxygen atoms in total. The molecule has 0 aromatic heterocycles. The minimum atomic E-state index is -0.763. The third kappa shape index (κ3) is 3.01. The third-order valence-electron chi connectivity index (χ3n) is 3.38. The van der Waals surface area contributed by atoms with Crippen LogP contribution in [0.4, 0.5) is 8.78 Å². The quantitative estimate of drug-likeness (QED) is 0.871. The fourth-order valence-electron chi connectivity index (χ4n) is 2.32. The SMILES string of the molecule is CN(Cc1cccc(F)c1F)C1CCNCC1. The molecule has 1 aliphatic rings. The van der Waals surface area contributed by atoms with Crippen LogP contribution < -0.4 is 5.32 Å². The molecule has 0 spiro atoms. The molecule has 1 heterocycles. The lowest BCUT2D eigenvalue weighted by atomic mass is 10.0. The summed E-state index contributed by atoms with van der Waals surface area (Å²) in [5.41, 5.74) is 0.436. The number of rotatable bonds is 3. The maximum atomic E-state index is 13.5. The fraction of sp³-hybridized carbons (Fsp3) is 0.538. The van der Waals surface area contributed by atoms with Gasteiger partial charge in [0, 0.05) is 18.2 Å². The van der Waals surface area contributed by atoms with Gasteiger partial charge in [-0.25, -0.2) is 8.78 Å². The molecule has 1 aromatic rings. The van der Waals surface area contributed by atoms with Gasteiger partial charge in [-0.15, -0.1) is 0 Å². The topological polar surface area (TPSA) is 15.3 Å². The lowest BCUT2D eigenvalue weighted by molar-refractivity contribution is 0.189. The number of piperidine rings is 1. The summed E-state index contributed by atoms with van der Waals surface area (Å²) < 4.78 is 26.6. The molecule has 0 amide bonds. The average molecular weight is 240 g/mol. The number of benzene rings is 1. The van der Waals surface area contributed by atoms with E-state index in [9.17, 15) is 8.78 Å². The molecule has 0 bridgehead atoms. The van der Waals surface area contributed by atoms with Crippen LogP contribution in [0.3, 0.4) is 0 Å². The summed E-state index contributed by atoms with van der Waals surface area (Å²) in [5, 5.41) is 3.29. The molecule has 0 aliphatic carbocycles. The van der Waals surface area contributed by atoms with Gasteiger partial charge < -0.3 is 5.32 Å². The maximum absolute atomic E-state index is 13.5. The van der Waals surface area contributed by atoms with Crippen LogP contribution in [0.25, 0.3) is 0 Å².